The SMILES string of the molecule is CC(NC1CCCCC1)c1nn[nH]n1. The minimum Gasteiger partial charge on any atom is -0.305 e. The Hall–Kier alpha value is -0.970. The van der Waals surface area contributed by atoms with E-state index in [0.717, 1.165) is 5.82 Å². The molecule has 0 radical (unpaired) electrons. The molecule has 5 heteroatoms. The second-order valence-corrected chi connectivity index (χ2v) is 3.99. The lowest BCUT2D eigenvalue weighted by Crippen LogP contribution is -2.33. The number of H-pyrrole nitrogens is 1. The summed E-state index contributed by atoms with van der Waals surface area (Å²) < 4.78 is 0. The van der Waals surface area contributed by atoms with Gasteiger partial charge in [-0.15, -0.1) is 10.2 Å². The third-order valence-electron chi connectivity index (χ3n) is 2.84. The molecule has 1 atom stereocenters. The molecule has 1 aromatic heterocycles. The van der Waals surface area contributed by atoms with E-state index in [2.05, 4.69) is 32.9 Å². The Kier molecular flexibility index (Phi) is 3.08. The van der Waals surface area contributed by atoms with Crippen LogP contribution in [0.15, 0.2) is 0 Å². The zero-order chi connectivity index (χ0) is 9.80. The number of aromatic amines is 1. The van der Waals surface area contributed by atoms with Crippen LogP contribution in [0, 0.1) is 0 Å². The summed E-state index contributed by atoms with van der Waals surface area (Å²) in [7, 11) is 0. The van der Waals surface area contributed by atoms with Crippen molar-refractivity contribution in [2.45, 2.75) is 51.1 Å². The summed E-state index contributed by atoms with van der Waals surface area (Å²) in [4.78, 5) is 0. The summed E-state index contributed by atoms with van der Waals surface area (Å²) in [5.41, 5.74) is 0. The van der Waals surface area contributed by atoms with Crippen LogP contribution in [0.4, 0.5) is 0 Å². The largest absolute Gasteiger partial charge is 0.305 e. The minimum absolute atomic E-state index is 0.205. The molecule has 0 amide bonds. The number of aromatic nitrogens is 4. The van der Waals surface area contributed by atoms with Crippen LogP contribution in [-0.2, 0) is 0 Å². The molecule has 2 rings (SSSR count). The lowest BCUT2D eigenvalue weighted by atomic mass is 9.95. The van der Waals surface area contributed by atoms with E-state index >= 15 is 0 Å². The molecule has 1 heterocycles. The van der Waals surface area contributed by atoms with Gasteiger partial charge < -0.3 is 5.32 Å². The second-order valence-electron chi connectivity index (χ2n) is 3.99. The van der Waals surface area contributed by atoms with E-state index < -0.39 is 0 Å². The molecule has 0 aromatic carbocycles. The van der Waals surface area contributed by atoms with Crippen molar-refractivity contribution in [3.8, 4) is 0 Å². The maximum absolute atomic E-state index is 3.97. The molecule has 0 aliphatic heterocycles. The third kappa shape index (κ3) is 2.29. The predicted octanol–water partition coefficient (Wildman–Crippen LogP) is 1.18. The molecule has 1 aliphatic rings. The summed E-state index contributed by atoms with van der Waals surface area (Å²) in [6, 6.07) is 0.842. The van der Waals surface area contributed by atoms with Crippen LogP contribution in [-0.4, -0.2) is 26.7 Å². The Morgan fingerprint density at radius 3 is 2.79 bits per heavy atom. The molecule has 0 saturated heterocycles. The highest BCUT2D eigenvalue weighted by molar-refractivity contribution is 4.88. The van der Waals surface area contributed by atoms with Gasteiger partial charge in [0.2, 0.25) is 0 Å². The smallest absolute Gasteiger partial charge is 0.191 e. The van der Waals surface area contributed by atoms with E-state index in [1.807, 2.05) is 0 Å². The first-order valence-electron chi connectivity index (χ1n) is 5.35. The normalized spacial score (nSPS) is 20.9. The van der Waals surface area contributed by atoms with Gasteiger partial charge in [-0.1, -0.05) is 24.5 Å². The van der Waals surface area contributed by atoms with Crippen molar-refractivity contribution in [2.75, 3.05) is 0 Å². The summed E-state index contributed by atoms with van der Waals surface area (Å²) in [6.07, 6.45) is 6.63. The summed E-state index contributed by atoms with van der Waals surface area (Å²) in [5.74, 6) is 0.760. The Balaban J connectivity index is 1.84. The van der Waals surface area contributed by atoms with Crippen molar-refractivity contribution in [3.05, 3.63) is 5.82 Å². The Bertz CT molecular complexity index is 252. The maximum Gasteiger partial charge on any atom is 0.191 e. The van der Waals surface area contributed by atoms with Gasteiger partial charge in [0.25, 0.3) is 0 Å². The van der Waals surface area contributed by atoms with Gasteiger partial charge in [-0.05, 0) is 19.8 Å². The van der Waals surface area contributed by atoms with E-state index in [9.17, 15) is 0 Å². The van der Waals surface area contributed by atoms with Crippen LogP contribution in [0.1, 0.15) is 50.9 Å². The standard InChI is InChI=1S/C9H17N5/c1-7(9-11-13-14-12-9)10-8-5-3-2-4-6-8/h7-8,10H,2-6H2,1H3,(H,11,12,13,14). The molecule has 2 N–H and O–H groups in total. The molecule has 1 saturated carbocycles. The Morgan fingerprint density at radius 1 is 1.36 bits per heavy atom. The van der Waals surface area contributed by atoms with Crippen molar-refractivity contribution < 1.29 is 0 Å². The average Bonchev–Trinajstić information content (AvgIpc) is 2.72. The average molecular weight is 195 g/mol. The van der Waals surface area contributed by atoms with E-state index in [0.29, 0.717) is 6.04 Å². The molecular formula is C9H17N5. The van der Waals surface area contributed by atoms with E-state index in [1.165, 1.54) is 32.1 Å². The van der Waals surface area contributed by atoms with Crippen molar-refractivity contribution >= 4 is 0 Å². The predicted molar refractivity (Wildman–Crippen MR) is 52.6 cm³/mol. The van der Waals surface area contributed by atoms with Crippen molar-refractivity contribution in [1.82, 2.24) is 25.9 Å². The van der Waals surface area contributed by atoms with Gasteiger partial charge in [-0.3, -0.25) is 0 Å². The topological polar surface area (TPSA) is 66.5 Å². The van der Waals surface area contributed by atoms with Gasteiger partial charge in [0.1, 0.15) is 0 Å². The zero-order valence-electron chi connectivity index (χ0n) is 8.53. The lowest BCUT2D eigenvalue weighted by molar-refractivity contribution is 0.341. The quantitative estimate of drug-likeness (QED) is 0.760. The number of nitrogens with zero attached hydrogens (tertiary/aromatic N) is 3. The minimum atomic E-state index is 0.205. The summed E-state index contributed by atoms with van der Waals surface area (Å²) in [6.45, 7) is 2.08. The van der Waals surface area contributed by atoms with Gasteiger partial charge >= 0.3 is 0 Å². The first-order valence-corrected chi connectivity index (χ1v) is 5.35. The second kappa shape index (κ2) is 4.50. The third-order valence-corrected chi connectivity index (χ3v) is 2.84. The molecular weight excluding hydrogens is 178 g/mol. The van der Waals surface area contributed by atoms with Crippen LogP contribution >= 0.6 is 0 Å². The van der Waals surface area contributed by atoms with Crippen LogP contribution in [0.25, 0.3) is 0 Å². The highest BCUT2D eigenvalue weighted by Gasteiger charge is 2.18. The van der Waals surface area contributed by atoms with Crippen LogP contribution in [0.2, 0.25) is 0 Å². The molecule has 5 nitrogen and oxygen atoms in total. The first kappa shape index (κ1) is 9.58. The molecule has 78 valence electrons. The fourth-order valence-electron chi connectivity index (χ4n) is 2.05. The van der Waals surface area contributed by atoms with Gasteiger partial charge in [0.15, 0.2) is 5.82 Å². The van der Waals surface area contributed by atoms with Crippen LogP contribution < -0.4 is 5.32 Å². The van der Waals surface area contributed by atoms with Gasteiger partial charge in [0.05, 0.1) is 6.04 Å². The van der Waals surface area contributed by atoms with Gasteiger partial charge in [0, 0.05) is 6.04 Å². The first-order chi connectivity index (χ1) is 6.86. The number of tetrazole rings is 1. The van der Waals surface area contributed by atoms with E-state index in [1.54, 1.807) is 0 Å². The molecule has 0 bridgehead atoms. The molecule has 0 spiro atoms. The summed E-state index contributed by atoms with van der Waals surface area (Å²) in [5, 5.41) is 17.5. The fourth-order valence-corrected chi connectivity index (χ4v) is 2.05. The zero-order valence-corrected chi connectivity index (χ0v) is 8.53. The van der Waals surface area contributed by atoms with E-state index in [4.69, 9.17) is 0 Å². The van der Waals surface area contributed by atoms with Crippen LogP contribution in [0.5, 0.6) is 0 Å². The van der Waals surface area contributed by atoms with Crippen LogP contribution in [0.3, 0.4) is 0 Å². The monoisotopic (exact) mass is 195 g/mol. The van der Waals surface area contributed by atoms with Gasteiger partial charge in [-0.2, -0.15) is 5.21 Å². The number of rotatable bonds is 3. The molecule has 1 aliphatic carbocycles. The Labute approximate surface area is 83.7 Å². The number of hydrogen-bond acceptors (Lipinski definition) is 4. The summed E-state index contributed by atoms with van der Waals surface area (Å²) >= 11 is 0. The highest BCUT2D eigenvalue weighted by Crippen LogP contribution is 2.19. The Morgan fingerprint density at radius 2 is 2.14 bits per heavy atom. The number of hydrogen-bond donors (Lipinski definition) is 2. The molecule has 1 fully saturated rings. The highest BCUT2D eigenvalue weighted by atomic mass is 15.5. The van der Waals surface area contributed by atoms with Crippen molar-refractivity contribution in [1.29, 1.82) is 0 Å². The molecule has 1 unspecified atom stereocenters. The van der Waals surface area contributed by atoms with E-state index in [-0.39, 0.29) is 6.04 Å². The molecule has 1 aromatic rings. The fraction of sp³-hybridized carbons (Fsp3) is 0.889. The van der Waals surface area contributed by atoms with Gasteiger partial charge in [-0.25, -0.2) is 0 Å². The lowest BCUT2D eigenvalue weighted by Gasteiger charge is -2.25. The number of nitrogens with one attached hydrogen (secondary N) is 2. The maximum atomic E-state index is 3.97. The van der Waals surface area contributed by atoms with Crippen molar-refractivity contribution in [2.24, 2.45) is 0 Å². The van der Waals surface area contributed by atoms with Crippen molar-refractivity contribution in [3.63, 3.8) is 0 Å². The molecule has 14 heavy (non-hydrogen) atoms.